The van der Waals surface area contributed by atoms with Crippen molar-refractivity contribution < 1.29 is 14.3 Å². The molecule has 4 nitrogen and oxygen atoms in total. The van der Waals surface area contributed by atoms with Gasteiger partial charge in [0.25, 0.3) is 5.91 Å². The summed E-state index contributed by atoms with van der Waals surface area (Å²) in [5, 5.41) is 2.77. The summed E-state index contributed by atoms with van der Waals surface area (Å²) in [6.45, 7) is 3.96. The van der Waals surface area contributed by atoms with Gasteiger partial charge in [0.15, 0.2) is 6.61 Å². The maximum Gasteiger partial charge on any atom is 0.257 e. The van der Waals surface area contributed by atoms with Gasteiger partial charge in [0.05, 0.1) is 4.47 Å². The zero-order valence-electron chi connectivity index (χ0n) is 10.4. The number of amides is 1. The first-order chi connectivity index (χ1) is 8.74. The van der Waals surface area contributed by atoms with E-state index in [9.17, 15) is 4.79 Å². The molecule has 0 aliphatic heterocycles. The number of rotatable bonds is 8. The number of nitrogens with one attached hydrogen (secondary N) is 1. The number of halogens is 1. The third kappa shape index (κ3) is 6.02. The van der Waals surface area contributed by atoms with Gasteiger partial charge in [-0.05, 0) is 41.4 Å². The van der Waals surface area contributed by atoms with Crippen LogP contribution in [0.3, 0.4) is 0 Å². The minimum Gasteiger partial charge on any atom is -0.483 e. The van der Waals surface area contributed by atoms with Gasteiger partial charge in [0.1, 0.15) is 5.75 Å². The zero-order chi connectivity index (χ0) is 13.2. The Kier molecular flexibility index (Phi) is 7.44. The molecule has 0 atom stereocenters. The molecule has 1 amide bonds. The maximum absolute atomic E-state index is 11.5. The van der Waals surface area contributed by atoms with Crippen molar-refractivity contribution in [3.63, 3.8) is 0 Å². The van der Waals surface area contributed by atoms with Gasteiger partial charge in [-0.25, -0.2) is 0 Å². The van der Waals surface area contributed by atoms with Crippen molar-refractivity contribution in [1.29, 1.82) is 0 Å². The molecule has 0 saturated carbocycles. The van der Waals surface area contributed by atoms with E-state index in [4.69, 9.17) is 9.47 Å². The van der Waals surface area contributed by atoms with E-state index < -0.39 is 0 Å². The molecule has 0 saturated heterocycles. The molecule has 0 radical (unpaired) electrons. The van der Waals surface area contributed by atoms with Crippen LogP contribution >= 0.6 is 15.9 Å². The molecule has 1 aromatic rings. The summed E-state index contributed by atoms with van der Waals surface area (Å²) < 4.78 is 11.4. The Bertz CT molecular complexity index is 371. The van der Waals surface area contributed by atoms with Gasteiger partial charge < -0.3 is 14.8 Å². The molecule has 0 aliphatic rings. The average Bonchev–Trinajstić information content (AvgIpc) is 2.37. The predicted molar refractivity (Wildman–Crippen MR) is 73.8 cm³/mol. The Morgan fingerprint density at radius 3 is 2.89 bits per heavy atom. The van der Waals surface area contributed by atoms with Crippen molar-refractivity contribution in [2.24, 2.45) is 0 Å². The number of benzene rings is 1. The first kappa shape index (κ1) is 15.0. The van der Waals surface area contributed by atoms with Gasteiger partial charge in [-0.3, -0.25) is 4.79 Å². The van der Waals surface area contributed by atoms with Crippen molar-refractivity contribution >= 4 is 21.8 Å². The largest absolute Gasteiger partial charge is 0.483 e. The molecule has 0 fully saturated rings. The summed E-state index contributed by atoms with van der Waals surface area (Å²) >= 11 is 3.35. The zero-order valence-corrected chi connectivity index (χ0v) is 12.0. The van der Waals surface area contributed by atoms with Crippen molar-refractivity contribution in [2.45, 2.75) is 13.3 Å². The van der Waals surface area contributed by atoms with Crippen LogP contribution in [-0.4, -0.2) is 32.3 Å². The molecular weight excluding hydrogens is 298 g/mol. The minimum absolute atomic E-state index is 0.0250. The molecule has 0 unspecified atom stereocenters. The van der Waals surface area contributed by atoms with E-state index in [1.165, 1.54) is 0 Å². The van der Waals surface area contributed by atoms with Gasteiger partial charge in [-0.2, -0.15) is 0 Å². The van der Waals surface area contributed by atoms with Crippen LogP contribution in [0.5, 0.6) is 5.75 Å². The third-order valence-corrected chi connectivity index (χ3v) is 2.84. The lowest BCUT2D eigenvalue weighted by molar-refractivity contribution is -0.123. The summed E-state index contributed by atoms with van der Waals surface area (Å²) in [4.78, 5) is 11.5. The molecule has 0 aromatic heterocycles. The molecule has 0 spiro atoms. The first-order valence-electron chi connectivity index (χ1n) is 5.95. The molecule has 1 N–H and O–H groups in total. The van der Waals surface area contributed by atoms with Gasteiger partial charge in [0, 0.05) is 19.8 Å². The van der Waals surface area contributed by atoms with Gasteiger partial charge >= 0.3 is 0 Å². The fraction of sp³-hybridized carbons (Fsp3) is 0.462. The van der Waals surface area contributed by atoms with Gasteiger partial charge in [-0.1, -0.05) is 12.1 Å². The number of para-hydroxylation sites is 1. The number of ether oxygens (including phenoxy) is 2. The fourth-order valence-corrected chi connectivity index (χ4v) is 1.70. The smallest absolute Gasteiger partial charge is 0.257 e. The Hall–Kier alpha value is -1.07. The lowest BCUT2D eigenvalue weighted by Gasteiger charge is -2.08. The molecule has 0 aliphatic carbocycles. The number of hydrogen-bond acceptors (Lipinski definition) is 3. The second-order valence-electron chi connectivity index (χ2n) is 3.62. The predicted octanol–water partition coefficient (Wildman–Crippen LogP) is 2.37. The topological polar surface area (TPSA) is 47.6 Å². The Labute approximate surface area is 116 Å². The monoisotopic (exact) mass is 315 g/mol. The van der Waals surface area contributed by atoms with Crippen molar-refractivity contribution in [3.05, 3.63) is 28.7 Å². The van der Waals surface area contributed by atoms with Crippen molar-refractivity contribution in [2.75, 3.05) is 26.4 Å². The molecule has 18 heavy (non-hydrogen) atoms. The Balaban J connectivity index is 2.15. The van der Waals surface area contributed by atoms with Crippen molar-refractivity contribution in [1.82, 2.24) is 5.32 Å². The van der Waals surface area contributed by atoms with E-state index >= 15 is 0 Å². The Morgan fingerprint density at radius 2 is 2.17 bits per heavy atom. The SMILES string of the molecule is CCOCCCNC(=O)COc1ccccc1Br. The maximum atomic E-state index is 11.5. The normalized spacial score (nSPS) is 10.1. The van der Waals surface area contributed by atoms with Crippen LogP contribution in [0.15, 0.2) is 28.7 Å². The quantitative estimate of drug-likeness (QED) is 0.749. The van der Waals surface area contributed by atoms with E-state index in [0.29, 0.717) is 25.5 Å². The third-order valence-electron chi connectivity index (χ3n) is 2.19. The second kappa shape index (κ2) is 8.94. The molecule has 1 aromatic carbocycles. The highest BCUT2D eigenvalue weighted by Gasteiger charge is 2.04. The van der Waals surface area contributed by atoms with Crippen LogP contribution in [0.4, 0.5) is 0 Å². The van der Waals surface area contributed by atoms with Gasteiger partial charge in [-0.15, -0.1) is 0 Å². The van der Waals surface area contributed by atoms with E-state index in [0.717, 1.165) is 10.9 Å². The second-order valence-corrected chi connectivity index (χ2v) is 4.47. The highest BCUT2D eigenvalue weighted by Crippen LogP contribution is 2.23. The Morgan fingerprint density at radius 1 is 1.39 bits per heavy atom. The summed E-state index contributed by atoms with van der Waals surface area (Å²) in [5.41, 5.74) is 0. The van der Waals surface area contributed by atoms with E-state index in [1.54, 1.807) is 0 Å². The van der Waals surface area contributed by atoms with Crippen LogP contribution in [0.1, 0.15) is 13.3 Å². The van der Waals surface area contributed by atoms with Gasteiger partial charge in [0.2, 0.25) is 0 Å². The van der Waals surface area contributed by atoms with E-state index in [1.807, 2.05) is 31.2 Å². The van der Waals surface area contributed by atoms with Crippen LogP contribution in [0, 0.1) is 0 Å². The first-order valence-corrected chi connectivity index (χ1v) is 6.75. The fourth-order valence-electron chi connectivity index (χ4n) is 1.30. The highest BCUT2D eigenvalue weighted by atomic mass is 79.9. The lowest BCUT2D eigenvalue weighted by Crippen LogP contribution is -2.30. The number of hydrogen-bond donors (Lipinski definition) is 1. The summed E-state index contributed by atoms with van der Waals surface area (Å²) in [5.74, 6) is 0.546. The van der Waals surface area contributed by atoms with Crippen LogP contribution in [0.2, 0.25) is 0 Å². The summed E-state index contributed by atoms with van der Waals surface area (Å²) in [7, 11) is 0. The van der Waals surface area contributed by atoms with Crippen LogP contribution < -0.4 is 10.1 Å². The summed E-state index contributed by atoms with van der Waals surface area (Å²) in [6, 6.07) is 7.44. The molecule has 0 bridgehead atoms. The van der Waals surface area contributed by atoms with Crippen LogP contribution in [0.25, 0.3) is 0 Å². The average molecular weight is 316 g/mol. The molecule has 1 rings (SSSR count). The minimum atomic E-state index is -0.123. The van der Waals surface area contributed by atoms with Crippen molar-refractivity contribution in [3.8, 4) is 5.75 Å². The van der Waals surface area contributed by atoms with Crippen LogP contribution in [-0.2, 0) is 9.53 Å². The highest BCUT2D eigenvalue weighted by molar-refractivity contribution is 9.10. The molecular formula is C13H18BrNO3. The number of carbonyl (C=O) groups excluding carboxylic acids is 1. The summed E-state index contributed by atoms with van der Waals surface area (Å²) in [6.07, 6.45) is 0.814. The molecule has 100 valence electrons. The lowest BCUT2D eigenvalue weighted by atomic mass is 10.3. The number of carbonyl (C=O) groups is 1. The molecule has 5 heteroatoms. The molecule has 0 heterocycles. The van der Waals surface area contributed by atoms with E-state index in [2.05, 4.69) is 21.2 Å². The van der Waals surface area contributed by atoms with E-state index in [-0.39, 0.29) is 12.5 Å². The standard InChI is InChI=1S/C13H18BrNO3/c1-2-17-9-5-8-15-13(16)10-18-12-7-4-3-6-11(12)14/h3-4,6-7H,2,5,8-10H2,1H3,(H,15,16).